The number of nitrogens with zero attached hydrogens (tertiary/aromatic N) is 2. The molecule has 0 spiro atoms. The van der Waals surface area contributed by atoms with Crippen LogP contribution in [0.3, 0.4) is 0 Å². The van der Waals surface area contributed by atoms with Crippen molar-refractivity contribution in [2.75, 3.05) is 5.32 Å². The van der Waals surface area contributed by atoms with Crippen LogP contribution in [-0.4, -0.2) is 21.3 Å². The molecule has 0 aromatic carbocycles. The third kappa shape index (κ3) is 3.01. The van der Waals surface area contributed by atoms with Crippen LogP contribution < -0.4 is 5.32 Å². The lowest BCUT2D eigenvalue weighted by Gasteiger charge is -2.19. The van der Waals surface area contributed by atoms with Crippen molar-refractivity contribution in [1.82, 2.24) is 9.61 Å². The van der Waals surface area contributed by atoms with E-state index in [1.807, 2.05) is 39.1 Å². The lowest BCUT2D eigenvalue weighted by Crippen LogP contribution is -2.27. The van der Waals surface area contributed by atoms with Crippen LogP contribution in [0.25, 0.3) is 5.52 Å². The summed E-state index contributed by atoms with van der Waals surface area (Å²) in [5, 5.41) is 6.83. The fourth-order valence-corrected chi connectivity index (χ4v) is 1.80. The predicted molar refractivity (Wildman–Crippen MR) is 72.7 cm³/mol. The van der Waals surface area contributed by atoms with Crippen molar-refractivity contribution in [2.45, 2.75) is 26.4 Å². The first-order valence-electron chi connectivity index (χ1n) is 5.48. The van der Waals surface area contributed by atoms with Crippen LogP contribution >= 0.6 is 15.9 Å². The van der Waals surface area contributed by atoms with Gasteiger partial charge in [-0.2, -0.15) is 5.10 Å². The largest absolute Gasteiger partial charge is 0.444 e. The molecule has 0 aliphatic carbocycles. The van der Waals surface area contributed by atoms with Gasteiger partial charge in [-0.15, -0.1) is 0 Å². The molecule has 0 aliphatic rings. The fraction of sp³-hybridized carbons (Fsp3) is 0.333. The number of nitrogens with one attached hydrogen (secondary N) is 1. The van der Waals surface area contributed by atoms with E-state index in [9.17, 15) is 4.79 Å². The van der Waals surface area contributed by atoms with Crippen molar-refractivity contribution < 1.29 is 9.53 Å². The Kier molecular flexibility index (Phi) is 3.30. The molecule has 1 amide bonds. The van der Waals surface area contributed by atoms with Crippen molar-refractivity contribution in [1.29, 1.82) is 0 Å². The van der Waals surface area contributed by atoms with E-state index in [1.165, 1.54) is 0 Å². The molecule has 0 fully saturated rings. The van der Waals surface area contributed by atoms with Gasteiger partial charge in [-0.05, 0) is 48.8 Å². The SMILES string of the molecule is CC(C)(C)OC(=O)Nc1cnn2cc(Br)ccc12. The zero-order valence-corrected chi connectivity index (χ0v) is 12.0. The number of aromatic nitrogens is 2. The van der Waals surface area contributed by atoms with Crippen molar-refractivity contribution in [3.63, 3.8) is 0 Å². The standard InChI is InChI=1S/C12H14BrN3O2/c1-12(2,3)18-11(17)15-9-6-14-16-7-8(13)4-5-10(9)16/h4-7H,1-3H3,(H,15,17). The highest BCUT2D eigenvalue weighted by Gasteiger charge is 2.17. The lowest BCUT2D eigenvalue weighted by atomic mass is 10.2. The molecule has 5 nitrogen and oxygen atoms in total. The molecule has 0 saturated carbocycles. The zero-order chi connectivity index (χ0) is 13.3. The van der Waals surface area contributed by atoms with E-state index in [2.05, 4.69) is 26.3 Å². The smallest absolute Gasteiger partial charge is 0.412 e. The van der Waals surface area contributed by atoms with Crippen LogP contribution in [0.2, 0.25) is 0 Å². The van der Waals surface area contributed by atoms with E-state index in [4.69, 9.17) is 4.74 Å². The number of anilines is 1. The monoisotopic (exact) mass is 311 g/mol. The Labute approximate surface area is 113 Å². The second kappa shape index (κ2) is 4.61. The van der Waals surface area contributed by atoms with Crippen LogP contribution in [-0.2, 0) is 4.74 Å². The molecule has 96 valence electrons. The Hall–Kier alpha value is -1.56. The Morgan fingerprint density at radius 2 is 2.17 bits per heavy atom. The molecule has 2 heterocycles. The van der Waals surface area contributed by atoms with Gasteiger partial charge in [-0.3, -0.25) is 5.32 Å². The normalized spacial score (nSPS) is 11.6. The number of carbonyl (C=O) groups excluding carboxylic acids is 1. The summed E-state index contributed by atoms with van der Waals surface area (Å²) >= 11 is 3.36. The number of rotatable bonds is 1. The molecule has 2 aromatic heterocycles. The van der Waals surface area contributed by atoms with Crippen LogP contribution in [0.4, 0.5) is 10.5 Å². The summed E-state index contributed by atoms with van der Waals surface area (Å²) in [6, 6.07) is 3.75. The van der Waals surface area contributed by atoms with Crippen LogP contribution in [0.15, 0.2) is 29.0 Å². The van der Waals surface area contributed by atoms with E-state index in [-0.39, 0.29) is 0 Å². The van der Waals surface area contributed by atoms with Gasteiger partial charge in [0.15, 0.2) is 0 Å². The second-order valence-corrected chi connectivity index (χ2v) is 5.78. The number of ether oxygens (including phenoxy) is 1. The maximum Gasteiger partial charge on any atom is 0.412 e. The van der Waals surface area contributed by atoms with E-state index in [1.54, 1.807) is 10.7 Å². The average Bonchev–Trinajstić information content (AvgIpc) is 2.57. The second-order valence-electron chi connectivity index (χ2n) is 4.86. The fourth-order valence-electron chi connectivity index (χ4n) is 1.47. The van der Waals surface area contributed by atoms with Crippen LogP contribution in [0.5, 0.6) is 0 Å². The molecule has 0 saturated heterocycles. The molecule has 2 aromatic rings. The van der Waals surface area contributed by atoms with Crippen molar-refractivity contribution >= 4 is 33.2 Å². The van der Waals surface area contributed by atoms with Gasteiger partial charge in [0.2, 0.25) is 0 Å². The van der Waals surface area contributed by atoms with E-state index in [0.717, 1.165) is 9.99 Å². The molecule has 1 N–H and O–H groups in total. The molecular weight excluding hydrogens is 298 g/mol. The van der Waals surface area contributed by atoms with E-state index < -0.39 is 11.7 Å². The van der Waals surface area contributed by atoms with Crippen molar-refractivity contribution in [3.05, 3.63) is 29.0 Å². The molecule has 6 heteroatoms. The Morgan fingerprint density at radius 1 is 1.44 bits per heavy atom. The van der Waals surface area contributed by atoms with Crippen LogP contribution in [0.1, 0.15) is 20.8 Å². The number of halogens is 1. The Balaban J connectivity index is 2.20. The lowest BCUT2D eigenvalue weighted by molar-refractivity contribution is 0.0636. The van der Waals surface area contributed by atoms with E-state index >= 15 is 0 Å². The molecule has 0 atom stereocenters. The molecular formula is C12H14BrN3O2. The average molecular weight is 312 g/mol. The molecule has 0 bridgehead atoms. The molecule has 2 rings (SSSR count). The summed E-state index contributed by atoms with van der Waals surface area (Å²) in [6.45, 7) is 5.46. The molecule has 18 heavy (non-hydrogen) atoms. The van der Waals surface area contributed by atoms with Crippen molar-refractivity contribution in [2.24, 2.45) is 0 Å². The number of amides is 1. The quantitative estimate of drug-likeness (QED) is 0.877. The van der Waals surface area contributed by atoms with Crippen LogP contribution in [0, 0.1) is 0 Å². The third-order valence-electron chi connectivity index (χ3n) is 2.12. The minimum absolute atomic E-state index is 0.486. The first-order chi connectivity index (χ1) is 8.35. The number of pyridine rings is 1. The van der Waals surface area contributed by atoms with Gasteiger partial charge in [-0.1, -0.05) is 0 Å². The minimum Gasteiger partial charge on any atom is -0.444 e. The Bertz CT molecular complexity index is 587. The molecule has 0 unspecified atom stereocenters. The summed E-state index contributed by atoms with van der Waals surface area (Å²) in [7, 11) is 0. The number of carbonyl (C=O) groups is 1. The van der Waals surface area contributed by atoms with Gasteiger partial charge in [0.1, 0.15) is 5.60 Å². The summed E-state index contributed by atoms with van der Waals surface area (Å²) < 4.78 is 7.78. The first kappa shape index (κ1) is 12.9. The number of fused-ring (bicyclic) bond motifs is 1. The number of hydrogen-bond acceptors (Lipinski definition) is 3. The topological polar surface area (TPSA) is 55.6 Å². The molecule has 0 radical (unpaired) electrons. The van der Waals surface area contributed by atoms with E-state index in [0.29, 0.717) is 5.69 Å². The highest BCUT2D eigenvalue weighted by molar-refractivity contribution is 9.10. The summed E-state index contributed by atoms with van der Waals surface area (Å²) in [5.74, 6) is 0. The molecule has 0 aliphatic heterocycles. The van der Waals surface area contributed by atoms with Crippen molar-refractivity contribution in [3.8, 4) is 0 Å². The maximum atomic E-state index is 11.7. The predicted octanol–water partition coefficient (Wildman–Crippen LogP) is 3.44. The highest BCUT2D eigenvalue weighted by Crippen LogP contribution is 2.20. The third-order valence-corrected chi connectivity index (χ3v) is 2.58. The van der Waals surface area contributed by atoms with Gasteiger partial charge in [-0.25, -0.2) is 9.31 Å². The summed E-state index contributed by atoms with van der Waals surface area (Å²) in [6.07, 6.45) is 2.92. The Morgan fingerprint density at radius 3 is 2.83 bits per heavy atom. The van der Waals surface area contributed by atoms with Gasteiger partial charge in [0.05, 0.1) is 17.4 Å². The maximum absolute atomic E-state index is 11.7. The summed E-state index contributed by atoms with van der Waals surface area (Å²) in [4.78, 5) is 11.7. The first-order valence-corrected chi connectivity index (χ1v) is 6.27. The highest BCUT2D eigenvalue weighted by atomic mass is 79.9. The minimum atomic E-state index is -0.518. The summed E-state index contributed by atoms with van der Waals surface area (Å²) in [5.41, 5.74) is 0.914. The van der Waals surface area contributed by atoms with Gasteiger partial charge in [0, 0.05) is 10.7 Å². The zero-order valence-electron chi connectivity index (χ0n) is 10.4. The van der Waals surface area contributed by atoms with Gasteiger partial charge < -0.3 is 4.74 Å². The van der Waals surface area contributed by atoms with Gasteiger partial charge in [0.25, 0.3) is 0 Å². The number of hydrogen-bond donors (Lipinski definition) is 1. The van der Waals surface area contributed by atoms with Gasteiger partial charge >= 0.3 is 6.09 Å².